The number of hydrogen-bond acceptors (Lipinski definition) is 3. The van der Waals surface area contributed by atoms with Crippen molar-refractivity contribution in [3.05, 3.63) is 21.4 Å². The van der Waals surface area contributed by atoms with Crippen LogP contribution in [0.3, 0.4) is 0 Å². The van der Waals surface area contributed by atoms with Crippen molar-refractivity contribution in [2.45, 2.75) is 25.0 Å². The van der Waals surface area contributed by atoms with Crippen LogP contribution >= 0.6 is 22.0 Å². The molecule has 0 aliphatic heterocycles. The molecular formula is C8H9ClO2S2. The first-order valence-electron chi connectivity index (χ1n) is 4.07. The molecule has 0 saturated heterocycles. The normalized spacial score (nSPS) is 16.1. The van der Waals surface area contributed by atoms with Gasteiger partial charge in [-0.05, 0) is 30.9 Å². The first kappa shape index (κ1) is 9.49. The third-order valence-corrected chi connectivity index (χ3v) is 4.52. The molecule has 1 aliphatic carbocycles. The monoisotopic (exact) mass is 236 g/mol. The Bertz CT molecular complexity index is 398. The predicted molar refractivity (Wildman–Crippen MR) is 54.8 cm³/mol. The minimum Gasteiger partial charge on any atom is -0.212 e. The molecule has 5 heteroatoms. The Balaban J connectivity index is 2.24. The third kappa shape index (κ3) is 2.24. The number of fused-ring (bicyclic) bond motifs is 1. The van der Waals surface area contributed by atoms with Gasteiger partial charge in [-0.3, -0.25) is 0 Å². The molecule has 0 N–H and O–H groups in total. The second-order valence-electron chi connectivity index (χ2n) is 3.20. The van der Waals surface area contributed by atoms with Gasteiger partial charge in [0.15, 0.2) is 0 Å². The first-order chi connectivity index (χ1) is 6.04. The van der Waals surface area contributed by atoms with Gasteiger partial charge in [-0.2, -0.15) is 0 Å². The fourth-order valence-corrected chi connectivity index (χ4v) is 4.36. The van der Waals surface area contributed by atoms with E-state index in [0.717, 1.165) is 17.7 Å². The number of thiophene rings is 1. The molecule has 0 spiro atoms. The van der Waals surface area contributed by atoms with Crippen LogP contribution < -0.4 is 0 Å². The predicted octanol–water partition coefficient (Wildman–Crippen LogP) is 2.31. The van der Waals surface area contributed by atoms with Crippen LogP contribution in [0.4, 0.5) is 0 Å². The van der Waals surface area contributed by atoms with Crippen LogP contribution in [0.5, 0.6) is 0 Å². The molecule has 2 rings (SSSR count). The van der Waals surface area contributed by atoms with Crippen molar-refractivity contribution in [1.82, 2.24) is 0 Å². The van der Waals surface area contributed by atoms with E-state index < -0.39 is 9.05 Å². The van der Waals surface area contributed by atoms with E-state index in [9.17, 15) is 8.42 Å². The summed E-state index contributed by atoms with van der Waals surface area (Å²) in [5.41, 5.74) is 1.32. The van der Waals surface area contributed by atoms with E-state index in [1.807, 2.05) is 6.07 Å². The van der Waals surface area contributed by atoms with Gasteiger partial charge in [0.1, 0.15) is 0 Å². The largest absolute Gasteiger partial charge is 0.237 e. The Kier molecular flexibility index (Phi) is 2.38. The standard InChI is InChI=1S/C8H9ClO2S2/c9-13(10,11)5-7-4-6-2-1-3-8(6)12-7/h4H,1-3,5H2. The Labute approximate surface area is 86.0 Å². The molecule has 1 aromatic rings. The minimum absolute atomic E-state index is 0.0216. The average molecular weight is 237 g/mol. The third-order valence-electron chi connectivity index (χ3n) is 2.11. The highest BCUT2D eigenvalue weighted by Crippen LogP contribution is 2.31. The maximum Gasteiger partial charge on any atom is 0.237 e. The van der Waals surface area contributed by atoms with Crippen molar-refractivity contribution in [3.63, 3.8) is 0 Å². The molecule has 0 aromatic carbocycles. The molecule has 1 aliphatic rings. The van der Waals surface area contributed by atoms with E-state index in [1.165, 1.54) is 16.9 Å². The van der Waals surface area contributed by atoms with Crippen molar-refractivity contribution >= 4 is 31.1 Å². The van der Waals surface area contributed by atoms with Crippen LogP contribution in [0.15, 0.2) is 6.07 Å². The summed E-state index contributed by atoms with van der Waals surface area (Å²) in [5.74, 6) is -0.0216. The Morgan fingerprint density at radius 3 is 2.85 bits per heavy atom. The average Bonchev–Trinajstić information content (AvgIpc) is 2.40. The molecule has 13 heavy (non-hydrogen) atoms. The molecule has 0 bridgehead atoms. The number of rotatable bonds is 2. The van der Waals surface area contributed by atoms with E-state index in [4.69, 9.17) is 10.7 Å². The number of aryl methyl sites for hydroxylation is 2. The fraction of sp³-hybridized carbons (Fsp3) is 0.500. The lowest BCUT2D eigenvalue weighted by Gasteiger charge is -1.91. The highest BCUT2D eigenvalue weighted by Gasteiger charge is 2.17. The lowest BCUT2D eigenvalue weighted by Crippen LogP contribution is -1.91. The zero-order chi connectivity index (χ0) is 9.47. The van der Waals surface area contributed by atoms with E-state index >= 15 is 0 Å². The molecule has 1 aromatic heterocycles. The molecule has 72 valence electrons. The lowest BCUT2D eigenvalue weighted by atomic mass is 10.2. The molecular weight excluding hydrogens is 228 g/mol. The summed E-state index contributed by atoms with van der Waals surface area (Å²) in [6, 6.07) is 1.98. The molecule has 0 amide bonds. The van der Waals surface area contributed by atoms with Crippen molar-refractivity contribution in [3.8, 4) is 0 Å². The summed E-state index contributed by atoms with van der Waals surface area (Å²) in [7, 11) is 1.79. The van der Waals surface area contributed by atoms with Crippen molar-refractivity contribution in [1.29, 1.82) is 0 Å². The SMILES string of the molecule is O=S(=O)(Cl)Cc1cc2c(s1)CCC2. The second kappa shape index (κ2) is 3.26. The maximum absolute atomic E-state index is 10.8. The lowest BCUT2D eigenvalue weighted by molar-refractivity contribution is 0.609. The van der Waals surface area contributed by atoms with Crippen LogP contribution in [0.2, 0.25) is 0 Å². The highest BCUT2D eigenvalue weighted by atomic mass is 35.7. The summed E-state index contributed by atoms with van der Waals surface area (Å²) >= 11 is 1.59. The van der Waals surface area contributed by atoms with Crippen LogP contribution in [-0.4, -0.2) is 8.42 Å². The summed E-state index contributed by atoms with van der Waals surface area (Å²) < 4.78 is 21.6. The van der Waals surface area contributed by atoms with Crippen molar-refractivity contribution in [2.75, 3.05) is 0 Å². The van der Waals surface area contributed by atoms with Crippen molar-refractivity contribution in [2.24, 2.45) is 0 Å². The second-order valence-corrected chi connectivity index (χ2v) is 7.20. The number of hydrogen-bond donors (Lipinski definition) is 0. The molecule has 0 unspecified atom stereocenters. The summed E-state index contributed by atoms with van der Waals surface area (Å²) in [4.78, 5) is 2.22. The van der Waals surface area contributed by atoms with Crippen LogP contribution in [0, 0.1) is 0 Å². The van der Waals surface area contributed by atoms with E-state index in [1.54, 1.807) is 11.3 Å². The molecule has 2 nitrogen and oxygen atoms in total. The van der Waals surface area contributed by atoms with Crippen molar-refractivity contribution < 1.29 is 8.42 Å². The van der Waals surface area contributed by atoms with Gasteiger partial charge in [-0.15, -0.1) is 11.3 Å². The van der Waals surface area contributed by atoms with Gasteiger partial charge < -0.3 is 0 Å². The molecule has 1 heterocycles. The van der Waals surface area contributed by atoms with Gasteiger partial charge >= 0.3 is 0 Å². The Hall–Kier alpha value is -0.0600. The van der Waals surface area contributed by atoms with Gasteiger partial charge in [-0.1, -0.05) is 0 Å². The zero-order valence-electron chi connectivity index (χ0n) is 6.92. The van der Waals surface area contributed by atoms with E-state index in [0.29, 0.717) is 0 Å². The molecule has 0 saturated carbocycles. The van der Waals surface area contributed by atoms with Gasteiger partial charge in [-0.25, -0.2) is 8.42 Å². The molecule has 0 radical (unpaired) electrons. The molecule has 0 atom stereocenters. The smallest absolute Gasteiger partial charge is 0.212 e. The first-order valence-corrected chi connectivity index (χ1v) is 7.37. The Morgan fingerprint density at radius 2 is 2.23 bits per heavy atom. The fourth-order valence-electron chi connectivity index (χ4n) is 1.63. The van der Waals surface area contributed by atoms with Gasteiger partial charge in [0.05, 0.1) is 5.75 Å². The zero-order valence-corrected chi connectivity index (χ0v) is 9.31. The topological polar surface area (TPSA) is 34.1 Å². The molecule has 0 fully saturated rings. The Morgan fingerprint density at radius 1 is 1.46 bits per heavy atom. The highest BCUT2D eigenvalue weighted by molar-refractivity contribution is 8.13. The van der Waals surface area contributed by atoms with Gasteiger partial charge in [0.2, 0.25) is 9.05 Å². The van der Waals surface area contributed by atoms with Crippen LogP contribution in [-0.2, 0) is 27.6 Å². The van der Waals surface area contributed by atoms with Crippen LogP contribution in [0.1, 0.15) is 21.7 Å². The maximum atomic E-state index is 10.8. The summed E-state index contributed by atoms with van der Waals surface area (Å²) in [6.07, 6.45) is 3.39. The summed E-state index contributed by atoms with van der Waals surface area (Å²) in [5, 5.41) is 0. The van der Waals surface area contributed by atoms with Crippen LogP contribution in [0.25, 0.3) is 0 Å². The van der Waals surface area contributed by atoms with E-state index in [-0.39, 0.29) is 5.75 Å². The van der Waals surface area contributed by atoms with Gasteiger partial charge in [0.25, 0.3) is 0 Å². The van der Waals surface area contributed by atoms with Gasteiger partial charge in [0, 0.05) is 20.4 Å². The quantitative estimate of drug-likeness (QED) is 0.739. The summed E-state index contributed by atoms with van der Waals surface area (Å²) in [6.45, 7) is 0. The number of halogens is 1. The minimum atomic E-state index is -3.38. The van der Waals surface area contributed by atoms with E-state index in [2.05, 4.69) is 0 Å².